The molecule has 36 heavy (non-hydrogen) atoms. The Labute approximate surface area is 231 Å². The summed E-state index contributed by atoms with van der Waals surface area (Å²) in [5, 5.41) is 1.65. The van der Waals surface area contributed by atoms with Crippen molar-refractivity contribution in [3.05, 3.63) is 81.7 Å². The van der Waals surface area contributed by atoms with Crippen LogP contribution in [0.3, 0.4) is 0 Å². The summed E-state index contributed by atoms with van der Waals surface area (Å²) in [6.45, 7) is 6.10. The largest absolute Gasteiger partial charge is 0.598 e. The third-order valence-electron chi connectivity index (χ3n) is 7.54. The van der Waals surface area contributed by atoms with Gasteiger partial charge >= 0.3 is 0 Å². The van der Waals surface area contributed by atoms with Crippen molar-refractivity contribution in [2.24, 2.45) is 5.41 Å². The fraction of sp³-hybridized carbons (Fsp3) is 0.429. The highest BCUT2D eigenvalue weighted by Crippen LogP contribution is 2.56. The smallest absolute Gasteiger partial charge is 0.148 e. The van der Waals surface area contributed by atoms with E-state index < -0.39 is 11.4 Å². The second kappa shape index (κ2) is 10.5. The molecule has 8 heteroatoms. The van der Waals surface area contributed by atoms with Crippen LogP contribution in [0.5, 0.6) is 0 Å². The summed E-state index contributed by atoms with van der Waals surface area (Å²) in [6, 6.07) is 14.9. The van der Waals surface area contributed by atoms with Crippen molar-refractivity contribution < 1.29 is 4.55 Å². The third-order valence-corrected chi connectivity index (χ3v) is 11.0. The Bertz CT molecular complexity index is 1220. The van der Waals surface area contributed by atoms with Gasteiger partial charge in [-0.1, -0.05) is 65.3 Å². The first-order valence-corrected chi connectivity index (χ1v) is 15.1. The highest BCUT2D eigenvalue weighted by atomic mass is 35.5. The number of rotatable bonds is 5. The van der Waals surface area contributed by atoms with Crippen molar-refractivity contribution in [1.29, 1.82) is 0 Å². The van der Waals surface area contributed by atoms with Gasteiger partial charge in [-0.2, -0.15) is 0 Å². The lowest BCUT2D eigenvalue weighted by Gasteiger charge is -2.42. The molecule has 0 unspecified atom stereocenters. The van der Waals surface area contributed by atoms with Crippen LogP contribution >= 0.6 is 35.0 Å². The Morgan fingerprint density at radius 2 is 1.81 bits per heavy atom. The topological polar surface area (TPSA) is 60.9 Å². The fourth-order valence-corrected chi connectivity index (χ4v) is 7.71. The van der Waals surface area contributed by atoms with E-state index in [1.807, 2.05) is 33.0 Å². The number of pyridine rings is 2. The third kappa shape index (κ3) is 5.31. The van der Waals surface area contributed by atoms with E-state index in [0.717, 1.165) is 42.0 Å². The number of nitrogens with zero attached hydrogens (tertiary/aromatic N) is 2. The van der Waals surface area contributed by atoms with E-state index >= 15 is 0 Å². The average molecular weight is 561 g/mol. The highest BCUT2D eigenvalue weighted by Gasteiger charge is 2.50. The lowest BCUT2D eigenvalue weighted by atomic mass is 9.66. The van der Waals surface area contributed by atoms with Crippen molar-refractivity contribution in [1.82, 2.24) is 14.7 Å². The quantitative estimate of drug-likeness (QED) is 0.254. The number of nitrogens with one attached hydrogen (secondary N) is 1. The second-order valence-electron chi connectivity index (χ2n) is 10.9. The fourth-order valence-electron chi connectivity index (χ4n) is 5.54. The number of aromatic nitrogens is 2. The maximum atomic E-state index is 13.1. The first kappa shape index (κ1) is 26.3. The van der Waals surface area contributed by atoms with E-state index in [9.17, 15) is 4.55 Å². The molecule has 2 heterocycles. The van der Waals surface area contributed by atoms with E-state index in [2.05, 4.69) is 46.1 Å². The van der Waals surface area contributed by atoms with Gasteiger partial charge in [0, 0.05) is 28.7 Å². The lowest BCUT2D eigenvalue weighted by Crippen LogP contribution is -2.46. The SMILES string of the molecule is CC(C)(C)[S@@+]([O-])N[C@@H]1c2ccccc2CC12CCC(c1ccc(Sc3ccnc(Cl)c3Cl)nc1)CC2. The molecule has 0 amide bonds. The number of halogens is 2. The predicted molar refractivity (Wildman–Crippen MR) is 150 cm³/mol. The monoisotopic (exact) mass is 559 g/mol. The van der Waals surface area contributed by atoms with Gasteiger partial charge in [-0.05, 0) is 93.0 Å². The van der Waals surface area contributed by atoms with Crippen molar-refractivity contribution in [2.75, 3.05) is 0 Å². The summed E-state index contributed by atoms with van der Waals surface area (Å²) in [6.07, 6.45) is 9.14. The number of fused-ring (bicyclic) bond motifs is 1. The molecule has 2 aromatic heterocycles. The summed E-state index contributed by atoms with van der Waals surface area (Å²) in [4.78, 5) is 9.57. The van der Waals surface area contributed by atoms with E-state index in [1.54, 1.807) is 6.20 Å². The average Bonchev–Trinajstić information content (AvgIpc) is 3.15. The molecule has 4 nitrogen and oxygen atoms in total. The predicted octanol–water partition coefficient (Wildman–Crippen LogP) is 7.93. The summed E-state index contributed by atoms with van der Waals surface area (Å²) in [7, 11) is 0. The standard InChI is InChI=1S/C28H31Cl2N3OS2/c1-27(2,3)36(34)33-25-21-7-5-4-6-19(21)16-28(25)13-10-18(11-14-28)20-8-9-23(32-17-20)35-22-12-15-31-26(30)24(22)29/h4-9,12,15,17-18,25,33H,10-11,13-14,16H2,1-3H3/t18?,25-,28?,36-/m1/s1. The van der Waals surface area contributed by atoms with Gasteiger partial charge in [0.25, 0.3) is 0 Å². The molecule has 0 radical (unpaired) electrons. The molecule has 0 aliphatic heterocycles. The van der Waals surface area contributed by atoms with Crippen molar-refractivity contribution in [3.8, 4) is 0 Å². The van der Waals surface area contributed by atoms with Crippen LogP contribution < -0.4 is 4.72 Å². The summed E-state index contributed by atoms with van der Waals surface area (Å²) >= 11 is 12.7. The first-order valence-electron chi connectivity index (χ1n) is 12.4. The Morgan fingerprint density at radius 1 is 1.06 bits per heavy atom. The molecule has 0 saturated heterocycles. The Morgan fingerprint density at radius 3 is 2.50 bits per heavy atom. The molecule has 190 valence electrons. The first-order chi connectivity index (χ1) is 17.2. The van der Waals surface area contributed by atoms with E-state index in [-0.39, 0.29) is 16.2 Å². The summed E-state index contributed by atoms with van der Waals surface area (Å²) in [5.74, 6) is 0.485. The van der Waals surface area contributed by atoms with Crippen LogP contribution in [0.4, 0.5) is 0 Å². The van der Waals surface area contributed by atoms with Crippen LogP contribution in [0.1, 0.15) is 75.1 Å². The Hall–Kier alpha value is -1.28. The van der Waals surface area contributed by atoms with Crippen LogP contribution in [0, 0.1) is 5.41 Å². The maximum Gasteiger partial charge on any atom is 0.148 e. The summed E-state index contributed by atoms with van der Waals surface area (Å²) < 4.78 is 16.4. The molecular formula is C28H31Cl2N3OS2. The van der Waals surface area contributed by atoms with Crippen LogP contribution in [0.15, 0.2) is 64.8 Å². The van der Waals surface area contributed by atoms with Crippen LogP contribution in [0.2, 0.25) is 10.2 Å². The zero-order chi connectivity index (χ0) is 25.5. The minimum atomic E-state index is -1.11. The molecule has 5 rings (SSSR count). The van der Waals surface area contributed by atoms with E-state index in [1.165, 1.54) is 28.5 Å². The van der Waals surface area contributed by atoms with Crippen molar-refractivity contribution in [2.45, 2.75) is 79.5 Å². The van der Waals surface area contributed by atoms with Gasteiger partial charge in [-0.3, -0.25) is 0 Å². The number of hydrogen-bond donors (Lipinski definition) is 1. The zero-order valence-electron chi connectivity index (χ0n) is 20.8. The molecular weight excluding hydrogens is 529 g/mol. The van der Waals surface area contributed by atoms with Crippen LogP contribution in [-0.2, 0) is 17.8 Å². The molecule has 1 N–H and O–H groups in total. The minimum Gasteiger partial charge on any atom is -0.598 e. The van der Waals surface area contributed by atoms with Gasteiger partial charge in [-0.25, -0.2) is 9.97 Å². The van der Waals surface area contributed by atoms with E-state index in [0.29, 0.717) is 16.1 Å². The van der Waals surface area contributed by atoms with Gasteiger partial charge in [0.15, 0.2) is 0 Å². The molecule has 1 aromatic carbocycles. The Balaban J connectivity index is 1.29. The molecule has 2 aliphatic rings. The van der Waals surface area contributed by atoms with Crippen molar-refractivity contribution in [3.63, 3.8) is 0 Å². The van der Waals surface area contributed by atoms with Gasteiger partial charge in [0.2, 0.25) is 0 Å². The lowest BCUT2D eigenvalue weighted by molar-refractivity contribution is 0.140. The number of benzene rings is 1. The zero-order valence-corrected chi connectivity index (χ0v) is 23.9. The van der Waals surface area contributed by atoms with Crippen LogP contribution in [-0.4, -0.2) is 19.3 Å². The highest BCUT2D eigenvalue weighted by molar-refractivity contribution is 7.99. The van der Waals surface area contributed by atoms with Gasteiger partial charge in [0.05, 0.1) is 11.1 Å². The minimum absolute atomic E-state index is 0.113. The molecule has 1 saturated carbocycles. The molecule has 1 spiro atoms. The van der Waals surface area contributed by atoms with E-state index in [4.69, 9.17) is 28.2 Å². The van der Waals surface area contributed by atoms with Gasteiger partial charge in [0.1, 0.15) is 14.9 Å². The van der Waals surface area contributed by atoms with Crippen molar-refractivity contribution >= 4 is 46.3 Å². The van der Waals surface area contributed by atoms with Gasteiger partial charge < -0.3 is 4.55 Å². The second-order valence-corrected chi connectivity index (χ2v) is 14.7. The number of hydrogen-bond acceptors (Lipinski definition) is 5. The van der Waals surface area contributed by atoms with Gasteiger partial charge in [-0.15, -0.1) is 4.72 Å². The van der Waals surface area contributed by atoms with Crippen LogP contribution in [0.25, 0.3) is 0 Å². The molecule has 2 atom stereocenters. The molecule has 0 bridgehead atoms. The summed E-state index contributed by atoms with van der Waals surface area (Å²) in [5.41, 5.74) is 4.12. The molecule has 1 fully saturated rings. The Kier molecular flexibility index (Phi) is 7.66. The molecule has 2 aliphatic carbocycles. The molecule has 3 aromatic rings. The normalized spacial score (nSPS) is 24.6. The maximum absolute atomic E-state index is 13.1.